The van der Waals surface area contributed by atoms with Crippen molar-refractivity contribution in [3.63, 3.8) is 0 Å². The van der Waals surface area contributed by atoms with Crippen LogP contribution in [0.3, 0.4) is 0 Å². The first-order valence-electron chi connectivity index (χ1n) is 9.10. The molecule has 20 heavy (non-hydrogen) atoms. The second-order valence-corrected chi connectivity index (χ2v) is 6.20. The quantitative estimate of drug-likeness (QED) is 0.256. The summed E-state index contributed by atoms with van der Waals surface area (Å²) in [6.45, 7) is 6.00. The molecule has 0 aromatic rings. The van der Waals surface area contributed by atoms with Gasteiger partial charge in [0.1, 0.15) is 0 Å². The molecule has 0 saturated carbocycles. The summed E-state index contributed by atoms with van der Waals surface area (Å²) in [7, 11) is 0. The highest BCUT2D eigenvalue weighted by atomic mass is 16.3. The van der Waals surface area contributed by atoms with E-state index in [-0.39, 0.29) is 6.10 Å². The number of aliphatic hydroxyl groups excluding tert-OH is 1. The monoisotopic (exact) mass is 282 g/mol. The van der Waals surface area contributed by atoms with Gasteiger partial charge in [0.05, 0.1) is 6.10 Å². The normalized spacial score (nSPS) is 12.5. The Balaban J connectivity index is 3.12. The highest BCUT2D eigenvalue weighted by Crippen LogP contribution is 2.14. The number of rotatable bonds is 16. The molecule has 1 nitrogen and oxygen atoms in total. The molecule has 0 amide bonds. The van der Waals surface area contributed by atoms with Gasteiger partial charge in [-0.15, -0.1) is 6.58 Å². The molecular formula is C19H38O. The number of hydrogen-bond acceptors (Lipinski definition) is 1. The molecule has 0 aromatic carbocycles. The zero-order chi connectivity index (χ0) is 14.9. The first kappa shape index (κ1) is 19.7. The van der Waals surface area contributed by atoms with Gasteiger partial charge in [-0.05, 0) is 25.7 Å². The van der Waals surface area contributed by atoms with Gasteiger partial charge in [-0.2, -0.15) is 0 Å². The fraction of sp³-hybridized carbons (Fsp3) is 0.895. The summed E-state index contributed by atoms with van der Waals surface area (Å²) in [5.41, 5.74) is 0. The smallest absolute Gasteiger partial charge is 0.0540 e. The molecule has 1 atom stereocenters. The summed E-state index contributed by atoms with van der Waals surface area (Å²) in [5, 5.41) is 9.92. The van der Waals surface area contributed by atoms with Crippen molar-refractivity contribution in [2.24, 2.45) is 0 Å². The van der Waals surface area contributed by atoms with E-state index in [1.807, 2.05) is 6.08 Å². The average Bonchev–Trinajstić information content (AvgIpc) is 2.45. The van der Waals surface area contributed by atoms with Crippen molar-refractivity contribution >= 4 is 0 Å². The molecule has 0 aliphatic heterocycles. The Labute approximate surface area is 127 Å². The standard InChI is InChI=1S/C19H38O/c1-3-5-7-9-11-13-15-17-19(20)18-16-14-12-10-8-6-4-2/h3,19-20H,1,4-18H2,2H3. The van der Waals surface area contributed by atoms with Crippen LogP contribution in [0.2, 0.25) is 0 Å². The minimum absolute atomic E-state index is 0.0428. The van der Waals surface area contributed by atoms with E-state index >= 15 is 0 Å². The van der Waals surface area contributed by atoms with Gasteiger partial charge in [-0.25, -0.2) is 0 Å². The molecule has 0 bridgehead atoms. The number of unbranched alkanes of at least 4 members (excludes halogenated alkanes) is 11. The van der Waals surface area contributed by atoms with Crippen LogP contribution >= 0.6 is 0 Å². The van der Waals surface area contributed by atoms with E-state index in [9.17, 15) is 5.11 Å². The van der Waals surface area contributed by atoms with Gasteiger partial charge >= 0.3 is 0 Å². The Hall–Kier alpha value is -0.300. The Kier molecular flexibility index (Phi) is 16.5. The van der Waals surface area contributed by atoms with E-state index in [2.05, 4.69) is 13.5 Å². The van der Waals surface area contributed by atoms with Gasteiger partial charge in [0.15, 0.2) is 0 Å². The van der Waals surface area contributed by atoms with Crippen molar-refractivity contribution in [2.75, 3.05) is 0 Å². The van der Waals surface area contributed by atoms with E-state index in [0.29, 0.717) is 0 Å². The van der Waals surface area contributed by atoms with Crippen LogP contribution in [0.25, 0.3) is 0 Å². The van der Waals surface area contributed by atoms with Crippen LogP contribution in [0.1, 0.15) is 103 Å². The summed E-state index contributed by atoms with van der Waals surface area (Å²) in [4.78, 5) is 0. The van der Waals surface area contributed by atoms with E-state index in [0.717, 1.165) is 19.3 Å². The summed E-state index contributed by atoms with van der Waals surface area (Å²) in [5.74, 6) is 0. The Morgan fingerprint density at radius 3 is 1.70 bits per heavy atom. The second kappa shape index (κ2) is 16.8. The first-order valence-corrected chi connectivity index (χ1v) is 9.10. The number of aliphatic hydroxyl groups is 1. The molecule has 0 aliphatic carbocycles. The molecule has 1 heteroatoms. The highest BCUT2D eigenvalue weighted by Gasteiger charge is 2.03. The molecule has 0 heterocycles. The van der Waals surface area contributed by atoms with Gasteiger partial charge in [0.25, 0.3) is 0 Å². The molecular weight excluding hydrogens is 244 g/mol. The third-order valence-corrected chi connectivity index (χ3v) is 4.09. The maximum absolute atomic E-state index is 9.92. The first-order chi connectivity index (χ1) is 9.81. The van der Waals surface area contributed by atoms with Gasteiger partial charge in [-0.3, -0.25) is 0 Å². The van der Waals surface area contributed by atoms with Crippen molar-refractivity contribution < 1.29 is 5.11 Å². The van der Waals surface area contributed by atoms with Crippen molar-refractivity contribution in [3.8, 4) is 0 Å². The van der Waals surface area contributed by atoms with Crippen LogP contribution in [-0.2, 0) is 0 Å². The van der Waals surface area contributed by atoms with Crippen LogP contribution < -0.4 is 0 Å². The molecule has 0 fully saturated rings. The Bertz CT molecular complexity index is 188. The largest absolute Gasteiger partial charge is 0.393 e. The Morgan fingerprint density at radius 2 is 1.20 bits per heavy atom. The van der Waals surface area contributed by atoms with Crippen LogP contribution in [0.5, 0.6) is 0 Å². The van der Waals surface area contributed by atoms with Crippen molar-refractivity contribution in [1.82, 2.24) is 0 Å². The molecule has 0 rings (SSSR count). The molecule has 120 valence electrons. The predicted molar refractivity (Wildman–Crippen MR) is 91.1 cm³/mol. The Morgan fingerprint density at radius 1 is 0.750 bits per heavy atom. The molecule has 0 radical (unpaired) electrons. The molecule has 1 N–H and O–H groups in total. The third-order valence-electron chi connectivity index (χ3n) is 4.09. The van der Waals surface area contributed by atoms with E-state index in [4.69, 9.17) is 0 Å². The van der Waals surface area contributed by atoms with E-state index in [1.54, 1.807) is 0 Å². The van der Waals surface area contributed by atoms with Gasteiger partial charge < -0.3 is 5.11 Å². The maximum Gasteiger partial charge on any atom is 0.0540 e. The summed E-state index contributed by atoms with van der Waals surface area (Å²) >= 11 is 0. The summed E-state index contributed by atoms with van der Waals surface area (Å²) in [6, 6.07) is 0. The zero-order valence-electron chi connectivity index (χ0n) is 13.9. The SMILES string of the molecule is C=CCCCCCCCC(O)CCCCCCCCC. The van der Waals surface area contributed by atoms with Crippen LogP contribution in [0.4, 0.5) is 0 Å². The van der Waals surface area contributed by atoms with Gasteiger partial charge in [-0.1, -0.05) is 83.6 Å². The van der Waals surface area contributed by atoms with E-state index < -0.39 is 0 Å². The molecule has 0 aliphatic rings. The van der Waals surface area contributed by atoms with Crippen molar-refractivity contribution in [2.45, 2.75) is 109 Å². The fourth-order valence-electron chi connectivity index (χ4n) is 2.68. The lowest BCUT2D eigenvalue weighted by Gasteiger charge is -2.10. The fourth-order valence-corrected chi connectivity index (χ4v) is 2.68. The second-order valence-electron chi connectivity index (χ2n) is 6.20. The third kappa shape index (κ3) is 15.8. The number of allylic oxidation sites excluding steroid dienone is 1. The van der Waals surface area contributed by atoms with E-state index in [1.165, 1.54) is 77.0 Å². The van der Waals surface area contributed by atoms with Gasteiger partial charge in [0, 0.05) is 0 Å². The molecule has 0 aromatic heterocycles. The minimum Gasteiger partial charge on any atom is -0.393 e. The van der Waals surface area contributed by atoms with Gasteiger partial charge in [0.2, 0.25) is 0 Å². The maximum atomic E-state index is 9.92. The number of hydrogen-bond donors (Lipinski definition) is 1. The van der Waals surface area contributed by atoms with Crippen molar-refractivity contribution in [3.05, 3.63) is 12.7 Å². The average molecular weight is 283 g/mol. The summed E-state index contributed by atoms with van der Waals surface area (Å²) < 4.78 is 0. The summed E-state index contributed by atoms with van der Waals surface area (Å²) in [6.07, 6.45) is 20.9. The topological polar surface area (TPSA) is 20.2 Å². The lowest BCUT2D eigenvalue weighted by atomic mass is 10.0. The predicted octanol–water partition coefficient (Wildman–Crippen LogP) is 6.40. The molecule has 1 unspecified atom stereocenters. The lowest BCUT2D eigenvalue weighted by Crippen LogP contribution is -2.05. The van der Waals surface area contributed by atoms with Crippen LogP contribution in [-0.4, -0.2) is 11.2 Å². The van der Waals surface area contributed by atoms with Crippen molar-refractivity contribution in [1.29, 1.82) is 0 Å². The highest BCUT2D eigenvalue weighted by molar-refractivity contribution is 4.65. The van der Waals surface area contributed by atoms with Crippen LogP contribution in [0.15, 0.2) is 12.7 Å². The minimum atomic E-state index is -0.0428. The lowest BCUT2D eigenvalue weighted by molar-refractivity contribution is 0.147. The van der Waals surface area contributed by atoms with Crippen LogP contribution in [0, 0.1) is 0 Å². The zero-order valence-corrected chi connectivity index (χ0v) is 13.9. The molecule has 0 spiro atoms. The molecule has 0 saturated heterocycles.